The van der Waals surface area contributed by atoms with E-state index in [1.807, 2.05) is 16.9 Å². The lowest BCUT2D eigenvalue weighted by Gasteiger charge is -2.23. The Balaban J connectivity index is 1.43. The third-order valence-electron chi connectivity index (χ3n) is 5.41. The van der Waals surface area contributed by atoms with Crippen molar-refractivity contribution >= 4 is 11.6 Å². The molecule has 0 radical (unpaired) electrons. The maximum Gasteiger partial charge on any atom is 0.255 e. The molecule has 0 unspecified atom stereocenters. The molecule has 1 aromatic heterocycles. The van der Waals surface area contributed by atoms with Crippen LogP contribution in [0.4, 0.5) is 10.1 Å². The minimum absolute atomic E-state index is 0.189. The molecule has 2 heterocycles. The minimum Gasteiger partial charge on any atom is -0.383 e. The number of aromatic nitrogens is 2. The van der Waals surface area contributed by atoms with Gasteiger partial charge in [-0.2, -0.15) is 5.10 Å². The van der Waals surface area contributed by atoms with Gasteiger partial charge in [0, 0.05) is 38.0 Å². The van der Waals surface area contributed by atoms with E-state index < -0.39 is 5.82 Å². The van der Waals surface area contributed by atoms with E-state index in [1.54, 1.807) is 19.4 Å². The minimum atomic E-state index is -0.438. The summed E-state index contributed by atoms with van der Waals surface area (Å²) < 4.78 is 20.7. The summed E-state index contributed by atoms with van der Waals surface area (Å²) in [5, 5.41) is 7.25. The SMILES string of the molecule is COC[C@@H]1C[C@H](n2cc(NC(=O)c3cccc(F)c3)cn2)CN1Cc1ccccc1. The molecule has 6 nitrogen and oxygen atoms in total. The largest absolute Gasteiger partial charge is 0.383 e. The Morgan fingerprint density at radius 2 is 2.07 bits per heavy atom. The number of carbonyl (C=O) groups excluding carboxylic acids is 1. The first-order chi connectivity index (χ1) is 14.6. The van der Waals surface area contributed by atoms with Crippen molar-refractivity contribution in [2.75, 3.05) is 25.6 Å². The van der Waals surface area contributed by atoms with Gasteiger partial charge in [0.2, 0.25) is 0 Å². The predicted octanol–water partition coefficient (Wildman–Crippen LogP) is 3.74. The average Bonchev–Trinajstić information content (AvgIpc) is 3.36. The summed E-state index contributed by atoms with van der Waals surface area (Å²) in [6.45, 7) is 2.37. The summed E-state index contributed by atoms with van der Waals surface area (Å²) in [6.07, 6.45) is 4.37. The number of likely N-dealkylation sites (tertiary alicyclic amines) is 1. The molecule has 3 aromatic rings. The number of rotatable bonds is 7. The molecular weight excluding hydrogens is 383 g/mol. The molecular formula is C23H25FN4O2. The van der Waals surface area contributed by atoms with Gasteiger partial charge in [-0.15, -0.1) is 0 Å². The number of amides is 1. The molecule has 1 aliphatic heterocycles. The van der Waals surface area contributed by atoms with Gasteiger partial charge < -0.3 is 10.1 Å². The fraction of sp³-hybridized carbons (Fsp3) is 0.304. The summed E-state index contributed by atoms with van der Waals surface area (Å²) in [6, 6.07) is 16.5. The Morgan fingerprint density at radius 3 is 2.83 bits per heavy atom. The van der Waals surface area contributed by atoms with Gasteiger partial charge >= 0.3 is 0 Å². The molecule has 1 aliphatic rings. The molecule has 1 saturated heterocycles. The first kappa shape index (κ1) is 20.3. The zero-order chi connectivity index (χ0) is 20.9. The number of nitrogens with one attached hydrogen (secondary N) is 1. The Kier molecular flexibility index (Phi) is 6.21. The maximum atomic E-state index is 13.4. The van der Waals surface area contributed by atoms with Crippen LogP contribution in [0.3, 0.4) is 0 Å². The lowest BCUT2D eigenvalue weighted by Crippen LogP contribution is -2.32. The van der Waals surface area contributed by atoms with Crippen LogP contribution in [0.25, 0.3) is 0 Å². The summed E-state index contributed by atoms with van der Waals surface area (Å²) in [5.74, 6) is -0.796. The fourth-order valence-electron chi connectivity index (χ4n) is 3.96. The molecule has 0 aliphatic carbocycles. The van der Waals surface area contributed by atoms with E-state index in [0.717, 1.165) is 19.5 Å². The second-order valence-electron chi connectivity index (χ2n) is 7.59. The van der Waals surface area contributed by atoms with Crippen LogP contribution in [-0.4, -0.2) is 46.9 Å². The third kappa shape index (κ3) is 4.75. The highest BCUT2D eigenvalue weighted by Gasteiger charge is 2.33. The van der Waals surface area contributed by atoms with Crippen LogP contribution in [0.2, 0.25) is 0 Å². The van der Waals surface area contributed by atoms with Crippen LogP contribution in [0.1, 0.15) is 28.4 Å². The van der Waals surface area contributed by atoms with Gasteiger partial charge in [0.15, 0.2) is 0 Å². The first-order valence-electron chi connectivity index (χ1n) is 10.0. The summed E-state index contributed by atoms with van der Waals surface area (Å²) in [5.41, 5.74) is 2.13. The molecule has 2 atom stereocenters. The highest BCUT2D eigenvalue weighted by Crippen LogP contribution is 2.29. The lowest BCUT2D eigenvalue weighted by molar-refractivity contribution is 0.102. The fourth-order valence-corrected chi connectivity index (χ4v) is 3.96. The van der Waals surface area contributed by atoms with Crippen LogP contribution in [0.5, 0.6) is 0 Å². The Hall–Kier alpha value is -3.03. The Bertz CT molecular complexity index is 992. The van der Waals surface area contributed by atoms with Crippen molar-refractivity contribution < 1.29 is 13.9 Å². The van der Waals surface area contributed by atoms with E-state index in [2.05, 4.69) is 39.6 Å². The topological polar surface area (TPSA) is 59.4 Å². The molecule has 156 valence electrons. The van der Waals surface area contributed by atoms with E-state index in [0.29, 0.717) is 18.3 Å². The van der Waals surface area contributed by atoms with Gasteiger partial charge in [-0.3, -0.25) is 14.4 Å². The van der Waals surface area contributed by atoms with Crippen molar-refractivity contribution in [3.63, 3.8) is 0 Å². The van der Waals surface area contributed by atoms with Gasteiger partial charge in [0.05, 0.1) is 24.5 Å². The first-order valence-corrected chi connectivity index (χ1v) is 10.0. The number of hydrogen-bond acceptors (Lipinski definition) is 4. The van der Waals surface area contributed by atoms with Crippen molar-refractivity contribution in [3.8, 4) is 0 Å². The molecule has 1 N–H and O–H groups in total. The van der Waals surface area contributed by atoms with Gasteiger partial charge in [-0.25, -0.2) is 4.39 Å². The van der Waals surface area contributed by atoms with Crippen LogP contribution in [-0.2, 0) is 11.3 Å². The number of anilines is 1. The highest BCUT2D eigenvalue weighted by atomic mass is 19.1. The van der Waals surface area contributed by atoms with Crippen molar-refractivity contribution in [1.82, 2.24) is 14.7 Å². The highest BCUT2D eigenvalue weighted by molar-refractivity contribution is 6.04. The number of carbonyl (C=O) groups is 1. The summed E-state index contributed by atoms with van der Waals surface area (Å²) in [4.78, 5) is 14.8. The number of benzene rings is 2. The summed E-state index contributed by atoms with van der Waals surface area (Å²) in [7, 11) is 1.72. The number of halogens is 1. The van der Waals surface area contributed by atoms with Crippen LogP contribution < -0.4 is 5.32 Å². The molecule has 4 rings (SSSR count). The van der Waals surface area contributed by atoms with Gasteiger partial charge in [0.25, 0.3) is 5.91 Å². The van der Waals surface area contributed by atoms with E-state index in [-0.39, 0.29) is 17.5 Å². The quantitative estimate of drug-likeness (QED) is 0.647. The molecule has 1 fully saturated rings. The predicted molar refractivity (Wildman–Crippen MR) is 113 cm³/mol. The average molecular weight is 408 g/mol. The smallest absolute Gasteiger partial charge is 0.255 e. The molecule has 0 bridgehead atoms. The van der Waals surface area contributed by atoms with Crippen molar-refractivity contribution in [2.24, 2.45) is 0 Å². The number of nitrogens with zero attached hydrogens (tertiary/aromatic N) is 3. The zero-order valence-corrected chi connectivity index (χ0v) is 16.9. The van der Waals surface area contributed by atoms with E-state index in [9.17, 15) is 9.18 Å². The number of ether oxygens (including phenoxy) is 1. The third-order valence-corrected chi connectivity index (χ3v) is 5.41. The number of hydrogen-bond donors (Lipinski definition) is 1. The van der Waals surface area contributed by atoms with Crippen LogP contribution in [0.15, 0.2) is 67.0 Å². The van der Waals surface area contributed by atoms with Crippen molar-refractivity contribution in [3.05, 3.63) is 83.9 Å². The van der Waals surface area contributed by atoms with Gasteiger partial charge in [-0.1, -0.05) is 36.4 Å². The van der Waals surface area contributed by atoms with Crippen molar-refractivity contribution in [1.29, 1.82) is 0 Å². The monoisotopic (exact) mass is 408 g/mol. The lowest BCUT2D eigenvalue weighted by atomic mass is 10.1. The molecule has 7 heteroatoms. The normalized spacial score (nSPS) is 19.1. The maximum absolute atomic E-state index is 13.4. The van der Waals surface area contributed by atoms with Crippen LogP contribution in [0, 0.1) is 5.82 Å². The van der Waals surface area contributed by atoms with E-state index in [4.69, 9.17) is 4.74 Å². The molecule has 2 aromatic carbocycles. The Labute approximate surface area is 175 Å². The molecule has 1 amide bonds. The standard InChI is InChI=1S/C23H25FN4O2/c1-30-16-22-11-21(15-27(22)13-17-6-3-2-4-7-17)28-14-20(12-25-28)26-23(29)18-8-5-9-19(24)10-18/h2-10,12,14,21-22H,11,13,15-16H2,1H3,(H,26,29)/t21-,22-/m0/s1. The molecule has 0 spiro atoms. The van der Waals surface area contributed by atoms with Crippen molar-refractivity contribution in [2.45, 2.75) is 25.0 Å². The zero-order valence-electron chi connectivity index (χ0n) is 16.9. The van der Waals surface area contributed by atoms with Crippen LogP contribution >= 0.6 is 0 Å². The van der Waals surface area contributed by atoms with Gasteiger partial charge in [0.1, 0.15) is 5.82 Å². The number of methoxy groups -OCH3 is 1. The second kappa shape index (κ2) is 9.19. The van der Waals surface area contributed by atoms with E-state index >= 15 is 0 Å². The molecule has 0 saturated carbocycles. The van der Waals surface area contributed by atoms with E-state index in [1.165, 1.54) is 23.8 Å². The Morgan fingerprint density at radius 1 is 1.23 bits per heavy atom. The van der Waals surface area contributed by atoms with Gasteiger partial charge in [-0.05, 0) is 30.2 Å². The second-order valence-corrected chi connectivity index (χ2v) is 7.59. The summed E-state index contributed by atoms with van der Waals surface area (Å²) >= 11 is 0. The molecule has 30 heavy (non-hydrogen) atoms.